The van der Waals surface area contributed by atoms with Crippen LogP contribution in [-0.4, -0.2) is 40.2 Å². The molecular formula is C28H23BrCl2N2O5S. The molecule has 1 N–H and O–H groups in total. The second-order valence-corrected chi connectivity index (χ2v) is 10.9. The molecule has 39 heavy (non-hydrogen) atoms. The minimum Gasteiger partial charge on any atom is -0.490 e. The molecule has 0 bridgehead atoms. The van der Waals surface area contributed by atoms with Gasteiger partial charge < -0.3 is 14.6 Å². The number of benzene rings is 3. The van der Waals surface area contributed by atoms with E-state index in [1.54, 1.807) is 47.4 Å². The molecule has 3 aromatic rings. The number of carboxylic acids is 1. The van der Waals surface area contributed by atoms with Crippen molar-refractivity contribution < 1.29 is 24.2 Å². The molecule has 1 aliphatic rings. The van der Waals surface area contributed by atoms with Crippen molar-refractivity contribution >= 4 is 79.7 Å². The Morgan fingerprint density at radius 1 is 1.13 bits per heavy atom. The van der Waals surface area contributed by atoms with Crippen LogP contribution in [0.5, 0.6) is 11.5 Å². The summed E-state index contributed by atoms with van der Waals surface area (Å²) in [5, 5.41) is 10.8. The lowest BCUT2D eigenvalue weighted by molar-refractivity contribution is -0.122. The average Bonchev–Trinajstić information content (AvgIpc) is 3.18. The molecule has 1 heterocycles. The summed E-state index contributed by atoms with van der Waals surface area (Å²) in [6.45, 7) is 4.75. The lowest BCUT2D eigenvalue weighted by Crippen LogP contribution is -2.28. The molecule has 1 fully saturated rings. The molecule has 1 aliphatic heterocycles. The molecule has 0 saturated carbocycles. The number of aliphatic imine (C=N–C) groups is 1. The molecule has 1 saturated heterocycles. The van der Waals surface area contributed by atoms with Gasteiger partial charge in [-0.25, -0.2) is 9.79 Å². The maximum Gasteiger partial charge on any atom is 0.335 e. The molecule has 0 aliphatic carbocycles. The number of ether oxygens (including phenoxy) is 2. The van der Waals surface area contributed by atoms with E-state index in [4.69, 9.17) is 32.7 Å². The molecule has 202 valence electrons. The van der Waals surface area contributed by atoms with Gasteiger partial charge in [0.15, 0.2) is 16.7 Å². The normalized spacial score (nSPS) is 15.3. The number of amidine groups is 1. The number of hydrogen-bond acceptors (Lipinski definition) is 6. The summed E-state index contributed by atoms with van der Waals surface area (Å²) in [6, 6.07) is 15.1. The van der Waals surface area contributed by atoms with Gasteiger partial charge in [0.2, 0.25) is 0 Å². The smallest absolute Gasteiger partial charge is 0.335 e. The van der Waals surface area contributed by atoms with Gasteiger partial charge in [-0.1, -0.05) is 35.3 Å². The van der Waals surface area contributed by atoms with E-state index < -0.39 is 5.97 Å². The van der Waals surface area contributed by atoms with E-state index in [-0.39, 0.29) is 18.1 Å². The molecule has 0 atom stereocenters. The number of halogens is 3. The van der Waals surface area contributed by atoms with Crippen LogP contribution in [0, 0.1) is 0 Å². The zero-order valence-electron chi connectivity index (χ0n) is 20.9. The number of rotatable bonds is 9. The molecular weight excluding hydrogens is 627 g/mol. The quantitative estimate of drug-likeness (QED) is 0.236. The summed E-state index contributed by atoms with van der Waals surface area (Å²) in [4.78, 5) is 31.1. The van der Waals surface area contributed by atoms with Crippen molar-refractivity contribution in [1.29, 1.82) is 0 Å². The van der Waals surface area contributed by atoms with Crippen molar-refractivity contribution in [2.75, 3.05) is 13.2 Å². The van der Waals surface area contributed by atoms with Gasteiger partial charge in [0.25, 0.3) is 5.91 Å². The average molecular weight is 650 g/mol. The second-order valence-electron chi connectivity index (χ2n) is 8.20. The Kier molecular flexibility index (Phi) is 9.61. The third-order valence-electron chi connectivity index (χ3n) is 5.54. The Hall–Kier alpha value is -2.98. The van der Waals surface area contributed by atoms with Gasteiger partial charge >= 0.3 is 5.97 Å². The summed E-state index contributed by atoms with van der Waals surface area (Å²) in [6.07, 6.45) is 1.76. The summed E-state index contributed by atoms with van der Waals surface area (Å²) in [7, 11) is 0. The van der Waals surface area contributed by atoms with Crippen LogP contribution in [0.4, 0.5) is 5.69 Å². The Bertz CT molecular complexity index is 1490. The second kappa shape index (κ2) is 12.9. The Morgan fingerprint density at radius 3 is 2.62 bits per heavy atom. The van der Waals surface area contributed by atoms with Crippen LogP contribution < -0.4 is 9.47 Å². The number of amides is 1. The van der Waals surface area contributed by atoms with Crippen molar-refractivity contribution in [3.63, 3.8) is 0 Å². The summed E-state index contributed by atoms with van der Waals surface area (Å²) >= 11 is 17.1. The first-order valence-electron chi connectivity index (χ1n) is 11.9. The lowest BCUT2D eigenvalue weighted by Gasteiger charge is -2.15. The maximum atomic E-state index is 13.2. The monoisotopic (exact) mass is 648 g/mol. The number of thioether (sulfide) groups is 1. The minimum atomic E-state index is -1.04. The van der Waals surface area contributed by atoms with Crippen LogP contribution in [-0.2, 0) is 11.4 Å². The van der Waals surface area contributed by atoms with E-state index in [0.29, 0.717) is 54.9 Å². The minimum absolute atomic E-state index is 0.124. The maximum absolute atomic E-state index is 13.2. The van der Waals surface area contributed by atoms with Gasteiger partial charge in [0.1, 0.15) is 6.61 Å². The predicted octanol–water partition coefficient (Wildman–Crippen LogP) is 8.06. The van der Waals surface area contributed by atoms with Crippen molar-refractivity contribution in [2.24, 2.45) is 4.99 Å². The highest BCUT2D eigenvalue weighted by molar-refractivity contribution is 9.10. The molecule has 1 amide bonds. The van der Waals surface area contributed by atoms with Crippen molar-refractivity contribution in [2.45, 2.75) is 20.5 Å². The first kappa shape index (κ1) is 29.0. The van der Waals surface area contributed by atoms with E-state index >= 15 is 0 Å². The van der Waals surface area contributed by atoms with Crippen molar-refractivity contribution in [1.82, 2.24) is 4.90 Å². The zero-order chi connectivity index (χ0) is 28.1. The standard InChI is InChI=1S/C28H23BrCl2N2O5S/c1-3-33-26(34)24(39-28(33)32-20-7-5-6-17(13-20)27(35)36)12-16-10-21(29)25(23(11-16)37-4-2)38-15-18-8-9-19(30)14-22(18)31/h5-14H,3-4,15H2,1-2H3,(H,35,36). The Morgan fingerprint density at radius 2 is 1.92 bits per heavy atom. The summed E-state index contributed by atoms with van der Waals surface area (Å²) in [5.74, 6) is -0.223. The number of nitrogens with zero attached hydrogens (tertiary/aromatic N) is 2. The van der Waals surface area contributed by atoms with Gasteiger partial charge in [-0.05, 0) is 95.6 Å². The van der Waals surface area contributed by atoms with Gasteiger partial charge in [0, 0.05) is 22.2 Å². The molecule has 11 heteroatoms. The number of carbonyl (C=O) groups is 2. The zero-order valence-corrected chi connectivity index (χ0v) is 24.8. The van der Waals surface area contributed by atoms with Gasteiger partial charge in [-0.3, -0.25) is 9.69 Å². The van der Waals surface area contributed by atoms with Crippen LogP contribution in [0.2, 0.25) is 10.0 Å². The number of aromatic carboxylic acids is 1. The largest absolute Gasteiger partial charge is 0.490 e. The fraction of sp³-hybridized carbons (Fsp3) is 0.179. The van der Waals surface area contributed by atoms with E-state index in [9.17, 15) is 14.7 Å². The van der Waals surface area contributed by atoms with Gasteiger partial charge in [0.05, 0.1) is 27.2 Å². The highest BCUT2D eigenvalue weighted by Crippen LogP contribution is 2.40. The third kappa shape index (κ3) is 6.97. The highest BCUT2D eigenvalue weighted by atomic mass is 79.9. The van der Waals surface area contributed by atoms with Crippen molar-refractivity contribution in [3.8, 4) is 11.5 Å². The predicted molar refractivity (Wildman–Crippen MR) is 160 cm³/mol. The molecule has 0 unspecified atom stereocenters. The van der Waals surface area contributed by atoms with Crippen LogP contribution >= 0.6 is 50.9 Å². The molecule has 4 rings (SSSR count). The fourth-order valence-corrected chi connectivity index (χ4v) is 5.80. The SMILES string of the molecule is CCOc1cc(C=C2SC(=Nc3cccc(C(=O)O)c3)N(CC)C2=O)cc(Br)c1OCc1ccc(Cl)cc1Cl. The first-order valence-corrected chi connectivity index (χ1v) is 14.2. The number of likely N-dealkylation sites (N-methyl/N-ethyl adjacent to an activating group) is 1. The summed E-state index contributed by atoms with van der Waals surface area (Å²) in [5.41, 5.74) is 2.07. The molecule has 7 nitrogen and oxygen atoms in total. The molecule has 0 radical (unpaired) electrons. The number of carboxylic acid groups (broad SMARTS) is 1. The summed E-state index contributed by atoms with van der Waals surface area (Å²) < 4.78 is 12.6. The van der Waals surface area contributed by atoms with Crippen LogP contribution in [0.1, 0.15) is 35.3 Å². The molecule has 0 spiro atoms. The van der Waals surface area contributed by atoms with E-state index in [2.05, 4.69) is 20.9 Å². The molecule has 0 aromatic heterocycles. The molecule has 3 aromatic carbocycles. The topological polar surface area (TPSA) is 88.4 Å². The van der Waals surface area contributed by atoms with Crippen molar-refractivity contribution in [3.05, 3.63) is 90.7 Å². The Balaban J connectivity index is 1.62. The van der Waals surface area contributed by atoms with Gasteiger partial charge in [-0.15, -0.1) is 0 Å². The van der Waals surface area contributed by atoms with Crippen LogP contribution in [0.3, 0.4) is 0 Å². The highest BCUT2D eigenvalue weighted by Gasteiger charge is 2.32. The fourth-order valence-electron chi connectivity index (χ4n) is 3.70. The van der Waals surface area contributed by atoms with E-state index in [1.165, 1.54) is 23.9 Å². The number of carbonyl (C=O) groups excluding carboxylic acids is 1. The van der Waals surface area contributed by atoms with Crippen LogP contribution in [0.15, 0.2) is 69.0 Å². The lowest BCUT2D eigenvalue weighted by atomic mass is 10.1. The van der Waals surface area contributed by atoms with Gasteiger partial charge in [-0.2, -0.15) is 0 Å². The third-order valence-corrected chi connectivity index (χ3v) is 7.72. The van der Waals surface area contributed by atoms with E-state index in [1.807, 2.05) is 19.9 Å². The van der Waals surface area contributed by atoms with E-state index in [0.717, 1.165) is 11.1 Å². The van der Waals surface area contributed by atoms with Crippen LogP contribution in [0.25, 0.3) is 6.08 Å². The first-order chi connectivity index (χ1) is 18.7. The Labute approximate surface area is 248 Å². The number of hydrogen-bond donors (Lipinski definition) is 1.